The third kappa shape index (κ3) is 9.73. The first kappa shape index (κ1) is 30.8. The molecule has 2 rings (SSSR count). The minimum absolute atomic E-state index is 0.108. The van der Waals surface area contributed by atoms with Gasteiger partial charge in [0.2, 0.25) is 10.0 Å². The van der Waals surface area contributed by atoms with Gasteiger partial charge in [-0.3, -0.25) is 4.79 Å². The summed E-state index contributed by atoms with van der Waals surface area (Å²) < 4.78 is 66.6. The van der Waals surface area contributed by atoms with Crippen LogP contribution in [0.25, 0.3) is 0 Å². The van der Waals surface area contributed by atoms with Crippen LogP contribution in [-0.2, 0) is 33.8 Å². The molecule has 206 valence electrons. The zero-order chi connectivity index (χ0) is 27.9. The molecule has 0 saturated carbocycles. The minimum atomic E-state index is -4.71. The second kappa shape index (κ2) is 12.9. The summed E-state index contributed by atoms with van der Waals surface area (Å²) in [6.45, 7) is 3.79. The van der Waals surface area contributed by atoms with E-state index in [1.54, 1.807) is 0 Å². The highest BCUT2D eigenvalue weighted by molar-refractivity contribution is 7.89. The molecule has 2 aromatic rings. The van der Waals surface area contributed by atoms with E-state index in [9.17, 15) is 31.5 Å². The van der Waals surface area contributed by atoms with Crippen molar-refractivity contribution in [1.82, 2.24) is 9.62 Å². The predicted molar refractivity (Wildman–Crippen MR) is 135 cm³/mol. The Morgan fingerprint density at radius 3 is 2.32 bits per heavy atom. The molecule has 1 atom stereocenters. The van der Waals surface area contributed by atoms with Gasteiger partial charge in [-0.15, -0.1) is 0 Å². The first-order valence-electron chi connectivity index (χ1n) is 12.0. The highest BCUT2D eigenvalue weighted by Gasteiger charge is 2.33. The molecule has 11 heteroatoms. The number of aryl methyl sites for hydroxylation is 2. The zero-order valence-corrected chi connectivity index (χ0v) is 22.1. The average molecular weight is 545 g/mol. The maximum absolute atomic E-state index is 13.2. The third-order valence-corrected chi connectivity index (χ3v) is 8.00. The molecular formula is C26H35F3N2O5S. The van der Waals surface area contributed by atoms with Crippen molar-refractivity contribution in [3.8, 4) is 0 Å². The van der Waals surface area contributed by atoms with Crippen molar-refractivity contribution in [3.05, 3.63) is 65.2 Å². The van der Waals surface area contributed by atoms with Crippen molar-refractivity contribution in [2.75, 3.05) is 20.1 Å². The van der Waals surface area contributed by atoms with E-state index in [4.69, 9.17) is 5.11 Å². The number of aliphatic hydroxyl groups excluding tert-OH is 1. The topological polar surface area (TPSA) is 107 Å². The molecule has 7 nitrogen and oxygen atoms in total. The summed E-state index contributed by atoms with van der Waals surface area (Å²) in [5, 5.41) is 22.7. The molecule has 0 heterocycles. The first-order chi connectivity index (χ1) is 17.1. The van der Waals surface area contributed by atoms with Crippen LogP contribution in [0.2, 0.25) is 0 Å². The Labute approximate surface area is 216 Å². The van der Waals surface area contributed by atoms with Crippen LogP contribution >= 0.6 is 0 Å². The molecule has 0 amide bonds. The highest BCUT2D eigenvalue weighted by atomic mass is 32.2. The second-order valence-corrected chi connectivity index (χ2v) is 11.8. The van der Waals surface area contributed by atoms with Crippen molar-refractivity contribution in [2.45, 2.75) is 68.7 Å². The predicted octanol–water partition coefficient (Wildman–Crippen LogP) is 4.10. The Morgan fingerprint density at radius 2 is 1.73 bits per heavy atom. The number of likely N-dealkylation sites (N-methyl/N-ethyl adjacent to an activating group) is 1. The number of benzene rings is 2. The van der Waals surface area contributed by atoms with Gasteiger partial charge < -0.3 is 15.5 Å². The van der Waals surface area contributed by atoms with Crippen molar-refractivity contribution >= 4 is 16.0 Å². The molecule has 0 bridgehead atoms. The number of aliphatic carboxylic acids is 1. The summed E-state index contributed by atoms with van der Waals surface area (Å²) >= 11 is 0. The summed E-state index contributed by atoms with van der Waals surface area (Å²) in [7, 11) is -3.06. The van der Waals surface area contributed by atoms with Gasteiger partial charge in [0.05, 0.1) is 16.6 Å². The number of β-amino-alcohol motifs (C(OH)–C–C–N with tert-alkyl or cyclic N) is 1. The number of carboxylic acids is 1. The van der Waals surface area contributed by atoms with Gasteiger partial charge in [0.15, 0.2) is 0 Å². The lowest BCUT2D eigenvalue weighted by Crippen LogP contribution is -2.46. The highest BCUT2D eigenvalue weighted by Crippen LogP contribution is 2.32. The minimum Gasteiger partial charge on any atom is -0.481 e. The number of sulfonamides is 1. The van der Waals surface area contributed by atoms with E-state index in [2.05, 4.69) is 17.4 Å². The van der Waals surface area contributed by atoms with Gasteiger partial charge in [-0.05, 0) is 68.9 Å². The van der Waals surface area contributed by atoms with Crippen LogP contribution < -0.4 is 5.32 Å². The quantitative estimate of drug-likeness (QED) is 0.331. The van der Waals surface area contributed by atoms with E-state index in [-0.39, 0.29) is 30.6 Å². The van der Waals surface area contributed by atoms with E-state index in [1.165, 1.54) is 12.6 Å². The standard InChI is InChI=1S/C26H35F3N2O5S/c1-25(2,15-7-10-19-8-5-4-6-9-19)30-17-22(32)18-31(3)37(35,36)23-13-12-21(26(27,28)29)16-20(23)11-14-24(33)34/h4-6,8-9,12-13,16,22,30,32H,7,10-11,14-15,17-18H2,1-3H3,(H,33,34). The average Bonchev–Trinajstić information content (AvgIpc) is 2.81. The fraction of sp³-hybridized carbons (Fsp3) is 0.500. The summed E-state index contributed by atoms with van der Waals surface area (Å²) in [6, 6.07) is 12.2. The van der Waals surface area contributed by atoms with Gasteiger partial charge in [0.1, 0.15) is 0 Å². The molecule has 0 radical (unpaired) electrons. The van der Waals surface area contributed by atoms with Gasteiger partial charge in [0.25, 0.3) is 0 Å². The van der Waals surface area contributed by atoms with Gasteiger partial charge in [0, 0.05) is 32.1 Å². The molecular weight excluding hydrogens is 509 g/mol. The molecule has 0 aromatic heterocycles. The zero-order valence-electron chi connectivity index (χ0n) is 21.3. The van der Waals surface area contributed by atoms with Gasteiger partial charge in [-0.25, -0.2) is 8.42 Å². The lowest BCUT2D eigenvalue weighted by Gasteiger charge is -2.29. The number of nitrogens with one attached hydrogen (secondary N) is 1. The number of aliphatic hydroxyl groups is 1. The number of nitrogens with zero attached hydrogens (tertiary/aromatic N) is 1. The molecule has 0 spiro atoms. The number of carbonyl (C=O) groups is 1. The van der Waals surface area contributed by atoms with E-state index >= 15 is 0 Å². The SMILES string of the molecule is CN(CC(O)CNC(C)(C)CCCc1ccccc1)S(=O)(=O)c1ccc(C(F)(F)F)cc1CCC(=O)O. The summed E-state index contributed by atoms with van der Waals surface area (Å²) in [5.41, 5.74) is -0.384. The van der Waals surface area contributed by atoms with Crippen LogP contribution in [-0.4, -0.2) is 60.7 Å². The van der Waals surface area contributed by atoms with E-state index in [1.807, 2.05) is 32.0 Å². The molecule has 37 heavy (non-hydrogen) atoms. The smallest absolute Gasteiger partial charge is 0.416 e. The monoisotopic (exact) mass is 544 g/mol. The molecule has 0 aliphatic rings. The van der Waals surface area contributed by atoms with Crippen molar-refractivity contribution in [1.29, 1.82) is 0 Å². The van der Waals surface area contributed by atoms with Crippen molar-refractivity contribution in [2.24, 2.45) is 0 Å². The summed E-state index contributed by atoms with van der Waals surface area (Å²) in [5.74, 6) is -1.26. The number of carboxylic acid groups (broad SMARTS) is 1. The Balaban J connectivity index is 2.02. The maximum Gasteiger partial charge on any atom is 0.416 e. The summed E-state index contributed by atoms with van der Waals surface area (Å²) in [4.78, 5) is 10.6. The van der Waals surface area contributed by atoms with Gasteiger partial charge >= 0.3 is 12.1 Å². The Morgan fingerprint density at radius 1 is 1.08 bits per heavy atom. The maximum atomic E-state index is 13.2. The van der Waals surface area contributed by atoms with E-state index in [0.717, 1.165) is 29.6 Å². The molecule has 0 aliphatic heterocycles. The second-order valence-electron chi connectivity index (χ2n) is 9.76. The van der Waals surface area contributed by atoms with Crippen LogP contribution in [0.4, 0.5) is 13.2 Å². The van der Waals surface area contributed by atoms with Crippen LogP contribution in [0.3, 0.4) is 0 Å². The molecule has 2 aromatic carbocycles. The normalized spacial score (nSPS) is 13.6. The fourth-order valence-electron chi connectivity index (χ4n) is 3.93. The lowest BCUT2D eigenvalue weighted by molar-refractivity contribution is -0.137. The van der Waals surface area contributed by atoms with Crippen molar-refractivity contribution in [3.63, 3.8) is 0 Å². The number of alkyl halides is 3. The molecule has 1 unspecified atom stereocenters. The van der Waals surface area contributed by atoms with Crippen LogP contribution in [0.1, 0.15) is 49.8 Å². The third-order valence-electron chi connectivity index (χ3n) is 6.08. The molecule has 0 saturated heterocycles. The number of halogens is 3. The van der Waals surface area contributed by atoms with Gasteiger partial charge in [-0.1, -0.05) is 30.3 Å². The first-order valence-corrected chi connectivity index (χ1v) is 13.4. The molecule has 3 N–H and O–H groups in total. The Kier molecular flexibility index (Phi) is 10.7. The number of hydrogen-bond acceptors (Lipinski definition) is 5. The van der Waals surface area contributed by atoms with Gasteiger partial charge in [-0.2, -0.15) is 17.5 Å². The fourth-order valence-corrected chi connectivity index (χ4v) is 5.37. The Bertz CT molecular complexity index is 1140. The van der Waals surface area contributed by atoms with E-state index < -0.39 is 45.2 Å². The van der Waals surface area contributed by atoms with Crippen LogP contribution in [0.15, 0.2) is 53.4 Å². The molecule has 0 fully saturated rings. The van der Waals surface area contributed by atoms with E-state index in [0.29, 0.717) is 12.1 Å². The largest absolute Gasteiger partial charge is 0.481 e. The van der Waals surface area contributed by atoms with Crippen molar-refractivity contribution < 1.29 is 36.6 Å². The number of hydrogen-bond donors (Lipinski definition) is 3. The van der Waals surface area contributed by atoms with Crippen LogP contribution in [0.5, 0.6) is 0 Å². The van der Waals surface area contributed by atoms with Crippen LogP contribution in [0, 0.1) is 0 Å². The lowest BCUT2D eigenvalue weighted by atomic mass is 9.95. The summed E-state index contributed by atoms with van der Waals surface area (Å²) in [6.07, 6.45) is -4.05. The molecule has 0 aliphatic carbocycles. The number of rotatable bonds is 14. The Hall–Kier alpha value is -2.47.